The second kappa shape index (κ2) is 8.74. The summed E-state index contributed by atoms with van der Waals surface area (Å²) in [5.41, 5.74) is 0. The van der Waals surface area contributed by atoms with Crippen molar-refractivity contribution in [3.8, 4) is 0 Å². The van der Waals surface area contributed by atoms with Crippen LogP contribution in [-0.4, -0.2) is 84.4 Å². The molecule has 0 radical (unpaired) electrons. The minimum absolute atomic E-state index is 0.0258. The fourth-order valence-corrected chi connectivity index (χ4v) is 2.68. The van der Waals surface area contributed by atoms with Crippen LogP contribution in [0.25, 0.3) is 0 Å². The maximum Gasteiger partial charge on any atom is 0.334 e. The number of imide groups is 1. The van der Waals surface area contributed by atoms with Gasteiger partial charge in [0.15, 0.2) is 0 Å². The van der Waals surface area contributed by atoms with Gasteiger partial charge < -0.3 is 15.1 Å². The minimum atomic E-state index is -0.563. The number of piperazine rings is 1. The zero-order chi connectivity index (χ0) is 17.5. The molecule has 2 aliphatic heterocycles. The predicted octanol–water partition coefficient (Wildman–Crippen LogP) is -1.26. The molecule has 0 saturated carbocycles. The van der Waals surface area contributed by atoms with Crippen molar-refractivity contribution in [3.63, 3.8) is 0 Å². The number of hydrogen-bond acceptors (Lipinski definition) is 7. The van der Waals surface area contributed by atoms with Crippen LogP contribution in [0.3, 0.4) is 0 Å². The first kappa shape index (κ1) is 18.3. The summed E-state index contributed by atoms with van der Waals surface area (Å²) >= 11 is 0. The smallest absolute Gasteiger partial charge is 0.334 e. The maximum atomic E-state index is 11.8. The number of hydrogen-bond donors (Lipinski definition) is 1. The molecule has 0 bridgehead atoms. The summed E-state index contributed by atoms with van der Waals surface area (Å²) in [6.45, 7) is 6.89. The van der Waals surface area contributed by atoms with Crippen molar-refractivity contribution >= 4 is 23.7 Å². The van der Waals surface area contributed by atoms with E-state index in [0.717, 1.165) is 32.7 Å². The number of nitrogens with one attached hydrogen (secondary N) is 1. The molecular weight excluding hydrogens is 318 g/mol. The SMILES string of the molecule is [13CH3][13C](=O)NCCN1CCN(CCC(=O)ON2C(=O)CCC2=O)CC1. The third-order valence-electron chi connectivity index (χ3n) is 4.10. The summed E-state index contributed by atoms with van der Waals surface area (Å²) in [6.07, 6.45) is 0.349. The molecular formula is C15H24N4O5. The van der Waals surface area contributed by atoms with Crippen LogP contribution < -0.4 is 5.32 Å². The van der Waals surface area contributed by atoms with Gasteiger partial charge in [-0.05, 0) is 0 Å². The maximum absolute atomic E-state index is 11.8. The van der Waals surface area contributed by atoms with Crippen LogP contribution in [0.2, 0.25) is 0 Å². The molecule has 134 valence electrons. The van der Waals surface area contributed by atoms with E-state index in [1.54, 1.807) is 0 Å². The first-order valence-corrected chi connectivity index (χ1v) is 8.21. The quantitative estimate of drug-likeness (QED) is 0.455. The topological polar surface area (TPSA) is 99.3 Å². The van der Waals surface area contributed by atoms with Crippen molar-refractivity contribution in [1.82, 2.24) is 20.2 Å². The Kier molecular flexibility index (Phi) is 6.68. The fourth-order valence-electron chi connectivity index (χ4n) is 2.68. The van der Waals surface area contributed by atoms with E-state index in [1.165, 1.54) is 6.92 Å². The van der Waals surface area contributed by atoms with Crippen LogP contribution in [0.5, 0.6) is 0 Å². The van der Waals surface area contributed by atoms with E-state index in [0.29, 0.717) is 18.2 Å². The highest BCUT2D eigenvalue weighted by Crippen LogP contribution is 2.12. The van der Waals surface area contributed by atoms with Gasteiger partial charge in [-0.2, -0.15) is 0 Å². The van der Waals surface area contributed by atoms with Gasteiger partial charge in [0, 0.05) is 65.6 Å². The van der Waals surface area contributed by atoms with E-state index in [9.17, 15) is 19.2 Å². The number of carbonyl (C=O) groups excluding carboxylic acids is 4. The number of nitrogens with zero attached hydrogens (tertiary/aromatic N) is 3. The summed E-state index contributed by atoms with van der Waals surface area (Å²) in [5, 5.41) is 3.36. The number of hydroxylamine groups is 2. The van der Waals surface area contributed by atoms with Crippen molar-refractivity contribution in [3.05, 3.63) is 0 Å². The third kappa shape index (κ3) is 5.57. The Morgan fingerprint density at radius 1 is 1.00 bits per heavy atom. The lowest BCUT2D eigenvalue weighted by atomic mass is 10.3. The largest absolute Gasteiger partial charge is 0.355 e. The van der Waals surface area contributed by atoms with Gasteiger partial charge in [-0.3, -0.25) is 19.3 Å². The van der Waals surface area contributed by atoms with E-state index < -0.39 is 17.8 Å². The molecule has 2 heterocycles. The van der Waals surface area contributed by atoms with E-state index in [1.807, 2.05) is 0 Å². The molecule has 0 aromatic rings. The molecule has 0 aliphatic carbocycles. The molecule has 2 fully saturated rings. The van der Waals surface area contributed by atoms with Gasteiger partial charge in [0.25, 0.3) is 11.8 Å². The average molecular weight is 342 g/mol. The van der Waals surface area contributed by atoms with Crippen LogP contribution >= 0.6 is 0 Å². The molecule has 2 aliphatic rings. The lowest BCUT2D eigenvalue weighted by molar-refractivity contribution is -0.197. The Bertz CT molecular complexity index is 486. The molecule has 9 nitrogen and oxygen atoms in total. The Morgan fingerprint density at radius 2 is 1.54 bits per heavy atom. The molecule has 2 saturated heterocycles. The molecule has 0 spiro atoms. The highest BCUT2D eigenvalue weighted by atomic mass is 16.7. The van der Waals surface area contributed by atoms with Crippen molar-refractivity contribution in [1.29, 1.82) is 0 Å². The van der Waals surface area contributed by atoms with Crippen molar-refractivity contribution in [2.75, 3.05) is 45.8 Å². The van der Waals surface area contributed by atoms with Crippen LogP contribution in [0.15, 0.2) is 0 Å². The number of amides is 3. The number of carbonyl (C=O) groups is 4. The van der Waals surface area contributed by atoms with Crippen molar-refractivity contribution < 1.29 is 24.0 Å². The molecule has 24 heavy (non-hydrogen) atoms. The molecule has 0 unspecified atom stereocenters. The lowest BCUT2D eigenvalue weighted by Crippen LogP contribution is -2.48. The second-order valence-electron chi connectivity index (χ2n) is 5.96. The van der Waals surface area contributed by atoms with Gasteiger partial charge in [-0.1, -0.05) is 0 Å². The summed E-state index contributed by atoms with van der Waals surface area (Å²) in [6, 6.07) is 0. The monoisotopic (exact) mass is 342 g/mol. The molecule has 0 aromatic heterocycles. The highest BCUT2D eigenvalue weighted by Gasteiger charge is 2.32. The first-order valence-electron chi connectivity index (χ1n) is 8.21. The molecule has 0 atom stereocenters. The first-order chi connectivity index (χ1) is 11.5. The Labute approximate surface area is 140 Å². The summed E-state index contributed by atoms with van der Waals surface area (Å²) in [4.78, 5) is 54.6. The van der Waals surface area contributed by atoms with E-state index in [4.69, 9.17) is 4.84 Å². The molecule has 9 heteroatoms. The van der Waals surface area contributed by atoms with Crippen LogP contribution in [0.4, 0.5) is 0 Å². The van der Waals surface area contributed by atoms with E-state index in [2.05, 4.69) is 15.1 Å². The van der Waals surface area contributed by atoms with Gasteiger partial charge in [-0.25, -0.2) is 4.79 Å². The Balaban J connectivity index is 1.60. The van der Waals surface area contributed by atoms with Gasteiger partial charge in [-0.15, -0.1) is 5.06 Å². The van der Waals surface area contributed by atoms with Gasteiger partial charge in [0.2, 0.25) is 5.91 Å². The van der Waals surface area contributed by atoms with Gasteiger partial charge in [0.1, 0.15) is 0 Å². The van der Waals surface area contributed by atoms with Crippen LogP contribution in [0, 0.1) is 0 Å². The standard InChI is InChI=1S/C15H24N4O5/c1-12(20)16-5-7-18-10-8-17(9-11-18)6-4-15(23)24-19-13(21)2-3-14(19)22/h2-11H2,1H3,(H,16,20)/i1+1,12+1. The van der Waals surface area contributed by atoms with Crippen LogP contribution in [0.1, 0.15) is 26.2 Å². The molecule has 1 N–H and O–H groups in total. The zero-order valence-corrected chi connectivity index (χ0v) is 14.0. The minimum Gasteiger partial charge on any atom is -0.355 e. The van der Waals surface area contributed by atoms with E-state index >= 15 is 0 Å². The number of rotatable bonds is 7. The second-order valence-corrected chi connectivity index (χ2v) is 5.96. The Hall–Kier alpha value is -2.00. The summed E-state index contributed by atoms with van der Waals surface area (Å²) in [7, 11) is 0. The fraction of sp³-hybridized carbons (Fsp3) is 0.733. The molecule has 0 aromatic carbocycles. The molecule has 3 amide bonds. The Morgan fingerprint density at radius 3 is 2.08 bits per heavy atom. The van der Waals surface area contributed by atoms with Gasteiger partial charge in [0.05, 0.1) is 6.42 Å². The highest BCUT2D eigenvalue weighted by molar-refractivity contribution is 6.01. The summed E-state index contributed by atoms with van der Waals surface area (Å²) < 4.78 is 0. The average Bonchev–Trinajstić information content (AvgIpc) is 2.86. The van der Waals surface area contributed by atoms with Crippen LogP contribution in [-0.2, 0) is 24.0 Å². The zero-order valence-electron chi connectivity index (χ0n) is 14.0. The lowest BCUT2D eigenvalue weighted by Gasteiger charge is -2.34. The normalized spacial score (nSPS) is 19.6. The summed E-state index contributed by atoms with van der Waals surface area (Å²) in [5.74, 6) is -1.50. The van der Waals surface area contributed by atoms with Crippen molar-refractivity contribution in [2.24, 2.45) is 0 Å². The van der Waals surface area contributed by atoms with Crippen molar-refractivity contribution in [2.45, 2.75) is 26.2 Å². The van der Waals surface area contributed by atoms with Gasteiger partial charge >= 0.3 is 5.97 Å². The third-order valence-corrected chi connectivity index (χ3v) is 4.10. The van der Waals surface area contributed by atoms with E-state index in [-0.39, 0.29) is 25.2 Å². The predicted molar refractivity (Wildman–Crippen MR) is 83.4 cm³/mol. The molecule has 2 rings (SSSR count).